The van der Waals surface area contributed by atoms with E-state index >= 15 is 0 Å². The molecule has 2 atom stereocenters. The molecule has 3 aromatic rings. The third kappa shape index (κ3) is 5.29. The van der Waals surface area contributed by atoms with Crippen molar-refractivity contribution in [3.8, 4) is 5.75 Å². The largest absolute Gasteiger partial charge is 0.481 e. The van der Waals surface area contributed by atoms with E-state index in [9.17, 15) is 4.79 Å². The van der Waals surface area contributed by atoms with Crippen LogP contribution in [0.2, 0.25) is 0 Å². The number of aryl methyl sites for hydroxylation is 1. The molecule has 1 N–H and O–H groups in total. The molecule has 0 heterocycles. The van der Waals surface area contributed by atoms with Gasteiger partial charge in [-0.3, -0.25) is 4.79 Å². The Hall–Kier alpha value is -3.07. The summed E-state index contributed by atoms with van der Waals surface area (Å²) in [7, 11) is 0. The number of carbonyl (C=O) groups excluding carboxylic acids is 1. The van der Waals surface area contributed by atoms with Gasteiger partial charge in [-0.05, 0) is 53.6 Å². The fourth-order valence-corrected chi connectivity index (χ4v) is 3.45. The topological polar surface area (TPSA) is 38.3 Å². The van der Waals surface area contributed by atoms with E-state index in [0.717, 1.165) is 16.7 Å². The van der Waals surface area contributed by atoms with E-state index in [-0.39, 0.29) is 17.4 Å². The highest BCUT2D eigenvalue weighted by Gasteiger charge is 2.23. The first kappa shape index (κ1) is 21.6. The van der Waals surface area contributed by atoms with Crippen LogP contribution >= 0.6 is 0 Å². The SMILES string of the molecule is Cc1ccccc1[C@H](NC(=O)[C@H](C)Oc1ccc(C(C)(C)C)cc1)c1ccccc1. The summed E-state index contributed by atoms with van der Waals surface area (Å²) in [5, 5.41) is 3.18. The monoisotopic (exact) mass is 401 g/mol. The van der Waals surface area contributed by atoms with Crippen LogP contribution in [0.15, 0.2) is 78.9 Å². The van der Waals surface area contributed by atoms with Crippen LogP contribution in [-0.2, 0) is 10.2 Å². The van der Waals surface area contributed by atoms with Gasteiger partial charge in [-0.1, -0.05) is 87.5 Å². The Bertz CT molecular complexity index is 972. The van der Waals surface area contributed by atoms with Crippen LogP contribution in [0.3, 0.4) is 0 Å². The Balaban J connectivity index is 1.76. The van der Waals surface area contributed by atoms with Gasteiger partial charge in [0.15, 0.2) is 6.10 Å². The van der Waals surface area contributed by atoms with Crippen LogP contribution in [0.4, 0.5) is 0 Å². The molecule has 3 heteroatoms. The van der Waals surface area contributed by atoms with Gasteiger partial charge in [-0.25, -0.2) is 0 Å². The molecule has 156 valence electrons. The second-order valence-corrected chi connectivity index (χ2v) is 8.74. The molecule has 0 aromatic heterocycles. The number of benzene rings is 3. The summed E-state index contributed by atoms with van der Waals surface area (Å²) in [6.07, 6.45) is -0.610. The first-order valence-corrected chi connectivity index (χ1v) is 10.4. The van der Waals surface area contributed by atoms with E-state index in [1.54, 1.807) is 6.92 Å². The fraction of sp³-hybridized carbons (Fsp3) is 0.296. The number of amides is 1. The van der Waals surface area contributed by atoms with Crippen LogP contribution < -0.4 is 10.1 Å². The van der Waals surface area contributed by atoms with Gasteiger partial charge in [-0.15, -0.1) is 0 Å². The highest BCUT2D eigenvalue weighted by molar-refractivity contribution is 5.81. The lowest BCUT2D eigenvalue weighted by atomic mass is 9.87. The third-order valence-corrected chi connectivity index (χ3v) is 5.32. The Morgan fingerprint density at radius 3 is 2.07 bits per heavy atom. The molecule has 0 fully saturated rings. The summed E-state index contributed by atoms with van der Waals surface area (Å²) in [6.45, 7) is 10.4. The van der Waals surface area contributed by atoms with Gasteiger partial charge in [0.2, 0.25) is 0 Å². The predicted molar refractivity (Wildman–Crippen MR) is 123 cm³/mol. The molecule has 1 amide bonds. The minimum Gasteiger partial charge on any atom is -0.481 e. The fourth-order valence-electron chi connectivity index (χ4n) is 3.45. The van der Waals surface area contributed by atoms with Gasteiger partial charge in [0, 0.05) is 0 Å². The normalized spacial score (nSPS) is 13.4. The molecule has 0 aliphatic carbocycles. The zero-order valence-electron chi connectivity index (χ0n) is 18.5. The van der Waals surface area contributed by atoms with Crippen molar-refractivity contribution in [3.63, 3.8) is 0 Å². The van der Waals surface area contributed by atoms with E-state index in [1.165, 1.54) is 5.56 Å². The molecule has 30 heavy (non-hydrogen) atoms. The van der Waals surface area contributed by atoms with E-state index in [0.29, 0.717) is 5.75 Å². The molecule has 3 aromatic carbocycles. The van der Waals surface area contributed by atoms with E-state index in [2.05, 4.69) is 57.3 Å². The lowest BCUT2D eigenvalue weighted by Gasteiger charge is -2.24. The van der Waals surface area contributed by atoms with Crippen LogP contribution in [-0.4, -0.2) is 12.0 Å². The Labute approximate surface area is 180 Å². The molecule has 0 bridgehead atoms. The van der Waals surface area contributed by atoms with E-state index < -0.39 is 6.10 Å². The van der Waals surface area contributed by atoms with E-state index in [4.69, 9.17) is 4.74 Å². The summed E-state index contributed by atoms with van der Waals surface area (Å²) in [4.78, 5) is 13.0. The maximum atomic E-state index is 13.0. The number of ether oxygens (including phenoxy) is 1. The van der Waals surface area contributed by atoms with Crippen molar-refractivity contribution in [2.45, 2.75) is 52.2 Å². The van der Waals surface area contributed by atoms with Crippen molar-refractivity contribution in [2.75, 3.05) is 0 Å². The smallest absolute Gasteiger partial charge is 0.261 e. The highest BCUT2D eigenvalue weighted by atomic mass is 16.5. The van der Waals surface area contributed by atoms with Gasteiger partial charge in [0.25, 0.3) is 5.91 Å². The Kier molecular flexibility index (Phi) is 6.61. The zero-order valence-corrected chi connectivity index (χ0v) is 18.5. The summed E-state index contributed by atoms with van der Waals surface area (Å²) in [5.74, 6) is 0.546. The van der Waals surface area contributed by atoms with Gasteiger partial charge in [0.05, 0.1) is 6.04 Å². The summed E-state index contributed by atoms with van der Waals surface area (Å²) in [5.41, 5.74) is 4.58. The van der Waals surface area contributed by atoms with Gasteiger partial charge >= 0.3 is 0 Å². The van der Waals surface area contributed by atoms with Crippen molar-refractivity contribution in [3.05, 3.63) is 101 Å². The molecule has 0 aliphatic heterocycles. The number of nitrogens with one attached hydrogen (secondary N) is 1. The standard InChI is InChI=1S/C27H31NO2/c1-19-11-9-10-14-24(19)25(21-12-7-6-8-13-21)28-26(29)20(2)30-23-17-15-22(16-18-23)27(3,4)5/h6-18,20,25H,1-5H3,(H,28,29)/t20-,25+/m0/s1. The van der Waals surface area contributed by atoms with E-state index in [1.807, 2.05) is 54.6 Å². The molecular formula is C27H31NO2. The van der Waals surface area contributed by atoms with Crippen LogP contribution in [0.1, 0.15) is 56.0 Å². The molecule has 0 aliphatic rings. The predicted octanol–water partition coefficient (Wildman–Crippen LogP) is 5.97. The quantitative estimate of drug-likeness (QED) is 0.553. The molecule has 3 rings (SSSR count). The first-order valence-electron chi connectivity index (χ1n) is 10.4. The van der Waals surface area contributed by atoms with Crippen LogP contribution in [0, 0.1) is 6.92 Å². The number of hydrogen-bond donors (Lipinski definition) is 1. The van der Waals surface area contributed by atoms with Gasteiger partial charge in [-0.2, -0.15) is 0 Å². The van der Waals surface area contributed by atoms with Gasteiger partial charge < -0.3 is 10.1 Å². The Morgan fingerprint density at radius 2 is 1.47 bits per heavy atom. The van der Waals surface area contributed by atoms with Crippen molar-refractivity contribution in [2.24, 2.45) is 0 Å². The first-order chi connectivity index (χ1) is 14.3. The summed E-state index contributed by atoms with van der Waals surface area (Å²) in [6, 6.07) is 25.9. The van der Waals surface area contributed by atoms with Crippen molar-refractivity contribution in [1.29, 1.82) is 0 Å². The molecule has 0 radical (unpaired) electrons. The zero-order chi connectivity index (χ0) is 21.7. The minimum absolute atomic E-state index is 0.0813. The summed E-state index contributed by atoms with van der Waals surface area (Å²) < 4.78 is 5.93. The maximum Gasteiger partial charge on any atom is 0.261 e. The van der Waals surface area contributed by atoms with Crippen LogP contribution in [0.5, 0.6) is 5.75 Å². The highest BCUT2D eigenvalue weighted by Crippen LogP contribution is 2.26. The second-order valence-electron chi connectivity index (χ2n) is 8.74. The second kappa shape index (κ2) is 9.17. The molecule has 3 nitrogen and oxygen atoms in total. The van der Waals surface area contributed by atoms with Crippen LogP contribution in [0.25, 0.3) is 0 Å². The molecule has 0 saturated heterocycles. The maximum absolute atomic E-state index is 13.0. The summed E-state index contributed by atoms with van der Waals surface area (Å²) >= 11 is 0. The van der Waals surface area contributed by atoms with Crippen molar-refractivity contribution >= 4 is 5.91 Å². The number of hydrogen-bond acceptors (Lipinski definition) is 2. The lowest BCUT2D eigenvalue weighted by molar-refractivity contribution is -0.127. The van der Waals surface area contributed by atoms with Gasteiger partial charge in [0.1, 0.15) is 5.75 Å². The lowest BCUT2D eigenvalue weighted by Crippen LogP contribution is -2.39. The molecular weight excluding hydrogens is 370 g/mol. The average molecular weight is 402 g/mol. The number of rotatable bonds is 6. The third-order valence-electron chi connectivity index (χ3n) is 5.32. The molecule has 0 unspecified atom stereocenters. The molecule has 0 saturated carbocycles. The molecule has 0 spiro atoms. The average Bonchev–Trinajstić information content (AvgIpc) is 2.73. The van der Waals surface area contributed by atoms with Crippen molar-refractivity contribution < 1.29 is 9.53 Å². The minimum atomic E-state index is -0.610. The number of carbonyl (C=O) groups is 1. The van der Waals surface area contributed by atoms with Crippen molar-refractivity contribution in [1.82, 2.24) is 5.32 Å². The Morgan fingerprint density at radius 1 is 0.867 bits per heavy atom.